The molecule has 15 heavy (non-hydrogen) atoms. The Hall–Kier alpha value is -1.13. The second-order valence-electron chi connectivity index (χ2n) is 3.12. The molecule has 0 radical (unpaired) electrons. The van der Waals surface area contributed by atoms with Crippen LogP contribution >= 0.6 is 11.8 Å². The van der Waals surface area contributed by atoms with Crippen LogP contribution in [0.5, 0.6) is 0 Å². The zero-order chi connectivity index (χ0) is 10.7. The van der Waals surface area contributed by atoms with Gasteiger partial charge in [-0.1, -0.05) is 42.1 Å². The maximum absolute atomic E-state index is 10.9. The molecule has 1 atom stereocenters. The number of methoxy groups -OCH3 is 1. The van der Waals surface area contributed by atoms with Crippen molar-refractivity contribution in [2.75, 3.05) is 13.0 Å². The Morgan fingerprint density at radius 1 is 1.47 bits per heavy atom. The number of ether oxygens (including phenoxy) is 1. The number of aldehydes is 1. The fourth-order valence-electron chi connectivity index (χ4n) is 1.66. The van der Waals surface area contributed by atoms with Crippen LogP contribution < -0.4 is 0 Å². The van der Waals surface area contributed by atoms with Crippen LogP contribution in [0.15, 0.2) is 35.3 Å². The molecule has 0 fully saturated rings. The predicted molar refractivity (Wildman–Crippen MR) is 61.1 cm³/mol. The minimum absolute atomic E-state index is 0.459. The molecule has 2 rings (SSSR count). The summed E-state index contributed by atoms with van der Waals surface area (Å²) in [5, 5.41) is 0. The first-order valence-corrected chi connectivity index (χ1v) is 5.57. The first-order valence-electron chi connectivity index (χ1n) is 4.58. The standard InChI is InChI=1S/C11H11NO2S/c1-14-11(9-5-3-2-4-6-9)10(7-13)12-8-15-11/h2-7H,8H2,1H3. The van der Waals surface area contributed by atoms with E-state index in [0.29, 0.717) is 11.6 Å². The van der Waals surface area contributed by atoms with E-state index >= 15 is 0 Å². The Morgan fingerprint density at radius 3 is 2.80 bits per heavy atom. The SMILES string of the molecule is COC1(c2ccccc2)SCN=C1C=O. The summed E-state index contributed by atoms with van der Waals surface area (Å²) in [6.07, 6.45) is 0.774. The molecule has 0 bridgehead atoms. The molecule has 4 heteroatoms. The molecule has 1 aromatic carbocycles. The van der Waals surface area contributed by atoms with E-state index in [2.05, 4.69) is 4.99 Å². The van der Waals surface area contributed by atoms with E-state index in [9.17, 15) is 4.79 Å². The fourth-order valence-corrected chi connectivity index (χ4v) is 2.72. The van der Waals surface area contributed by atoms with Gasteiger partial charge >= 0.3 is 0 Å². The van der Waals surface area contributed by atoms with Crippen LogP contribution in [0.3, 0.4) is 0 Å². The molecule has 1 aliphatic rings. The predicted octanol–water partition coefficient (Wildman–Crippen LogP) is 1.83. The van der Waals surface area contributed by atoms with Gasteiger partial charge in [-0.15, -0.1) is 0 Å². The van der Waals surface area contributed by atoms with E-state index in [1.54, 1.807) is 7.11 Å². The minimum atomic E-state index is -0.705. The largest absolute Gasteiger partial charge is 0.357 e. The van der Waals surface area contributed by atoms with Gasteiger partial charge in [-0.25, -0.2) is 0 Å². The van der Waals surface area contributed by atoms with Gasteiger partial charge in [0.2, 0.25) is 0 Å². The average molecular weight is 221 g/mol. The second-order valence-corrected chi connectivity index (χ2v) is 4.24. The van der Waals surface area contributed by atoms with Crippen LogP contribution in [0.1, 0.15) is 5.56 Å². The third kappa shape index (κ3) is 1.60. The maximum atomic E-state index is 10.9. The van der Waals surface area contributed by atoms with Crippen molar-refractivity contribution >= 4 is 23.8 Å². The molecule has 1 heterocycles. The average Bonchev–Trinajstić information content (AvgIpc) is 2.74. The van der Waals surface area contributed by atoms with Crippen molar-refractivity contribution in [2.45, 2.75) is 4.93 Å². The van der Waals surface area contributed by atoms with Crippen LogP contribution in [0.25, 0.3) is 0 Å². The second kappa shape index (κ2) is 4.16. The van der Waals surface area contributed by atoms with E-state index in [4.69, 9.17) is 4.74 Å². The molecular weight excluding hydrogens is 210 g/mol. The number of hydrogen-bond acceptors (Lipinski definition) is 4. The molecule has 1 unspecified atom stereocenters. The van der Waals surface area contributed by atoms with E-state index in [-0.39, 0.29) is 0 Å². The van der Waals surface area contributed by atoms with Crippen molar-refractivity contribution in [3.05, 3.63) is 35.9 Å². The lowest BCUT2D eigenvalue weighted by Gasteiger charge is -2.26. The van der Waals surface area contributed by atoms with Crippen molar-refractivity contribution in [2.24, 2.45) is 4.99 Å². The molecule has 1 aromatic rings. The Labute approximate surface area is 92.5 Å². The molecule has 3 nitrogen and oxygen atoms in total. The van der Waals surface area contributed by atoms with Crippen molar-refractivity contribution in [3.63, 3.8) is 0 Å². The third-order valence-corrected chi connectivity index (χ3v) is 3.67. The number of carbonyl (C=O) groups is 1. The van der Waals surface area contributed by atoms with Crippen LogP contribution in [0.4, 0.5) is 0 Å². The summed E-state index contributed by atoms with van der Waals surface area (Å²) < 4.78 is 5.49. The fraction of sp³-hybridized carbons (Fsp3) is 0.273. The van der Waals surface area contributed by atoms with Gasteiger partial charge in [0.05, 0.1) is 5.88 Å². The summed E-state index contributed by atoms with van der Waals surface area (Å²) >= 11 is 1.52. The van der Waals surface area contributed by atoms with Gasteiger partial charge in [-0.2, -0.15) is 0 Å². The molecule has 0 aromatic heterocycles. The van der Waals surface area contributed by atoms with Crippen molar-refractivity contribution in [3.8, 4) is 0 Å². The highest BCUT2D eigenvalue weighted by Gasteiger charge is 2.41. The van der Waals surface area contributed by atoms with Crippen LogP contribution in [-0.2, 0) is 14.5 Å². The maximum Gasteiger partial charge on any atom is 0.185 e. The lowest BCUT2D eigenvalue weighted by molar-refractivity contribution is -0.103. The van der Waals surface area contributed by atoms with Crippen LogP contribution in [0.2, 0.25) is 0 Å². The van der Waals surface area contributed by atoms with E-state index in [1.165, 1.54) is 11.8 Å². The Balaban J connectivity index is 2.47. The summed E-state index contributed by atoms with van der Waals surface area (Å²) in [7, 11) is 1.60. The first kappa shape index (κ1) is 10.4. The molecule has 0 saturated carbocycles. The minimum Gasteiger partial charge on any atom is -0.357 e. The van der Waals surface area contributed by atoms with E-state index in [1.807, 2.05) is 30.3 Å². The molecule has 0 aliphatic carbocycles. The summed E-state index contributed by atoms with van der Waals surface area (Å²) in [4.78, 5) is 14.4. The summed E-state index contributed by atoms with van der Waals surface area (Å²) in [6.45, 7) is 0. The zero-order valence-corrected chi connectivity index (χ0v) is 9.16. The Kier molecular flexibility index (Phi) is 2.88. The van der Waals surface area contributed by atoms with Gasteiger partial charge < -0.3 is 4.74 Å². The van der Waals surface area contributed by atoms with Gasteiger partial charge in [0, 0.05) is 12.7 Å². The first-order chi connectivity index (χ1) is 7.33. The van der Waals surface area contributed by atoms with Crippen LogP contribution in [0, 0.1) is 0 Å². The lowest BCUT2D eigenvalue weighted by Crippen LogP contribution is -2.32. The smallest absolute Gasteiger partial charge is 0.185 e. The normalized spacial score (nSPS) is 25.0. The highest BCUT2D eigenvalue weighted by molar-refractivity contribution is 8.01. The van der Waals surface area contributed by atoms with Gasteiger partial charge in [0.15, 0.2) is 11.2 Å². The number of aliphatic imine (C=N–C) groups is 1. The lowest BCUT2D eigenvalue weighted by atomic mass is 10.0. The quantitative estimate of drug-likeness (QED) is 0.731. The molecule has 0 saturated heterocycles. The van der Waals surface area contributed by atoms with Crippen molar-refractivity contribution < 1.29 is 9.53 Å². The molecule has 0 N–H and O–H groups in total. The van der Waals surface area contributed by atoms with Crippen LogP contribution in [-0.4, -0.2) is 25.0 Å². The topological polar surface area (TPSA) is 38.7 Å². The molecule has 1 aliphatic heterocycles. The number of nitrogens with zero attached hydrogens (tertiary/aromatic N) is 1. The van der Waals surface area contributed by atoms with E-state index in [0.717, 1.165) is 11.8 Å². The molecule has 0 spiro atoms. The highest BCUT2D eigenvalue weighted by atomic mass is 32.2. The third-order valence-electron chi connectivity index (χ3n) is 2.39. The van der Waals surface area contributed by atoms with Crippen molar-refractivity contribution in [1.82, 2.24) is 0 Å². The summed E-state index contributed by atoms with van der Waals surface area (Å²) in [6, 6.07) is 9.68. The number of carbonyl (C=O) groups excluding carboxylic acids is 1. The Morgan fingerprint density at radius 2 is 2.20 bits per heavy atom. The monoisotopic (exact) mass is 221 g/mol. The Bertz CT molecular complexity index is 391. The molecule has 0 amide bonds. The van der Waals surface area contributed by atoms with Gasteiger partial charge in [-0.3, -0.25) is 9.79 Å². The number of thioether (sulfide) groups is 1. The highest BCUT2D eigenvalue weighted by Crippen LogP contribution is 2.42. The van der Waals surface area contributed by atoms with Crippen molar-refractivity contribution in [1.29, 1.82) is 0 Å². The number of benzene rings is 1. The summed E-state index contributed by atoms with van der Waals surface area (Å²) in [5.41, 5.74) is 1.42. The van der Waals surface area contributed by atoms with Gasteiger partial charge in [-0.05, 0) is 0 Å². The van der Waals surface area contributed by atoms with E-state index < -0.39 is 4.93 Å². The molecule has 78 valence electrons. The van der Waals surface area contributed by atoms with Gasteiger partial charge in [0.1, 0.15) is 5.71 Å². The number of hydrogen-bond donors (Lipinski definition) is 0. The zero-order valence-electron chi connectivity index (χ0n) is 8.34. The molecular formula is C11H11NO2S. The van der Waals surface area contributed by atoms with Gasteiger partial charge in [0.25, 0.3) is 0 Å². The number of rotatable bonds is 3. The summed E-state index contributed by atoms with van der Waals surface area (Å²) in [5.74, 6) is 0.566.